The molecule has 0 saturated heterocycles. The number of ether oxygens (including phenoxy) is 2. The van der Waals surface area contributed by atoms with Crippen LogP contribution in [0.25, 0.3) is 0 Å². The van der Waals surface area contributed by atoms with Gasteiger partial charge in [-0.25, -0.2) is 9.59 Å². The highest BCUT2D eigenvalue weighted by molar-refractivity contribution is 6.45. The molecule has 5 nitrogen and oxygen atoms in total. The first kappa shape index (κ1) is 13.6. The fraction of sp³-hybridized carbons (Fsp3) is 0.200. The monoisotopic (exact) mass is 278 g/mol. The highest BCUT2D eigenvalue weighted by Crippen LogP contribution is 2.37. The van der Waals surface area contributed by atoms with Crippen molar-refractivity contribution in [2.75, 3.05) is 14.2 Å². The summed E-state index contributed by atoms with van der Waals surface area (Å²) in [4.78, 5) is 22.7. The van der Waals surface area contributed by atoms with Crippen LogP contribution in [0.3, 0.4) is 0 Å². The van der Waals surface area contributed by atoms with E-state index >= 15 is 0 Å². The van der Waals surface area contributed by atoms with Crippen LogP contribution in [0.4, 0.5) is 0 Å². The van der Waals surface area contributed by atoms with Crippen molar-refractivity contribution >= 4 is 35.1 Å². The summed E-state index contributed by atoms with van der Waals surface area (Å²) < 4.78 is 8.89. The number of carbonyl (C=O) groups excluding carboxylic acids is 2. The van der Waals surface area contributed by atoms with Gasteiger partial charge in [0.05, 0.1) is 24.8 Å². The maximum Gasteiger partial charge on any atom is 0.341 e. The third-order valence-corrected chi connectivity index (χ3v) is 2.85. The van der Waals surface area contributed by atoms with Crippen LogP contribution in [0, 0.1) is 0 Å². The number of phenols is 1. The lowest BCUT2D eigenvalue weighted by Crippen LogP contribution is -2.08. The standard InChI is InChI=1S/C10H8Cl2O5/c1-16-9(14)4-3-5(10(15)17-2)8(13)7(12)6(4)11/h3,13H,1-2H3. The van der Waals surface area contributed by atoms with Crippen molar-refractivity contribution in [2.45, 2.75) is 0 Å². The quantitative estimate of drug-likeness (QED) is 0.841. The fourth-order valence-electron chi connectivity index (χ4n) is 1.14. The van der Waals surface area contributed by atoms with Gasteiger partial charge in [0.15, 0.2) is 0 Å². The Morgan fingerprint density at radius 3 is 2.00 bits per heavy atom. The summed E-state index contributed by atoms with van der Waals surface area (Å²) in [6, 6.07) is 1.06. The third kappa shape index (κ3) is 2.45. The molecule has 0 aliphatic carbocycles. The highest BCUT2D eigenvalue weighted by Gasteiger charge is 2.23. The number of rotatable bonds is 2. The second kappa shape index (κ2) is 5.25. The lowest BCUT2D eigenvalue weighted by Gasteiger charge is -2.09. The van der Waals surface area contributed by atoms with Crippen LogP contribution in [0.15, 0.2) is 6.07 Å². The molecule has 1 N–H and O–H groups in total. The number of phenolic OH excluding ortho intramolecular Hbond substituents is 1. The first-order valence-electron chi connectivity index (χ1n) is 4.31. The van der Waals surface area contributed by atoms with E-state index in [0.29, 0.717) is 0 Å². The van der Waals surface area contributed by atoms with E-state index in [1.165, 1.54) is 0 Å². The Bertz CT molecular complexity index is 444. The molecule has 0 bridgehead atoms. The molecule has 0 aliphatic rings. The predicted octanol–water partition coefficient (Wildman–Crippen LogP) is 2.27. The Morgan fingerprint density at radius 2 is 1.53 bits per heavy atom. The van der Waals surface area contributed by atoms with E-state index in [1.54, 1.807) is 0 Å². The van der Waals surface area contributed by atoms with Crippen molar-refractivity contribution in [3.63, 3.8) is 0 Å². The summed E-state index contributed by atoms with van der Waals surface area (Å²) in [5.74, 6) is -2.16. The maximum absolute atomic E-state index is 11.4. The fourth-order valence-corrected chi connectivity index (χ4v) is 1.57. The molecule has 1 aromatic carbocycles. The zero-order valence-electron chi connectivity index (χ0n) is 8.91. The normalized spacial score (nSPS) is 9.88. The number of benzene rings is 1. The topological polar surface area (TPSA) is 72.8 Å². The molecule has 0 aromatic heterocycles. The Labute approximate surface area is 107 Å². The minimum atomic E-state index is -0.841. The Kier molecular flexibility index (Phi) is 4.20. The van der Waals surface area contributed by atoms with Crippen LogP contribution in [-0.2, 0) is 9.47 Å². The van der Waals surface area contributed by atoms with E-state index in [2.05, 4.69) is 9.47 Å². The lowest BCUT2D eigenvalue weighted by atomic mass is 10.1. The summed E-state index contributed by atoms with van der Waals surface area (Å²) >= 11 is 11.4. The average Bonchev–Trinajstić information content (AvgIpc) is 2.34. The number of hydrogen-bond donors (Lipinski definition) is 1. The second-order valence-corrected chi connectivity index (χ2v) is 3.69. The molecule has 1 aromatic rings. The van der Waals surface area contributed by atoms with Gasteiger partial charge in [-0.05, 0) is 6.07 Å². The predicted molar refractivity (Wildman–Crippen MR) is 60.8 cm³/mol. The van der Waals surface area contributed by atoms with Crippen molar-refractivity contribution in [1.29, 1.82) is 0 Å². The van der Waals surface area contributed by atoms with Crippen molar-refractivity contribution < 1.29 is 24.2 Å². The SMILES string of the molecule is COC(=O)c1cc(C(=O)OC)c(Cl)c(Cl)c1O. The highest BCUT2D eigenvalue weighted by atomic mass is 35.5. The summed E-state index contributed by atoms with van der Waals surface area (Å²) in [7, 11) is 2.28. The summed E-state index contributed by atoms with van der Waals surface area (Å²) in [5, 5.41) is 9.09. The molecule has 17 heavy (non-hydrogen) atoms. The number of carbonyl (C=O) groups is 2. The van der Waals surface area contributed by atoms with E-state index in [-0.39, 0.29) is 21.2 Å². The summed E-state index contributed by atoms with van der Waals surface area (Å²) in [6.07, 6.45) is 0. The molecule has 0 aliphatic heterocycles. The van der Waals surface area contributed by atoms with Gasteiger partial charge in [-0.3, -0.25) is 0 Å². The van der Waals surface area contributed by atoms with Crippen molar-refractivity contribution in [3.8, 4) is 5.75 Å². The number of methoxy groups -OCH3 is 2. The van der Waals surface area contributed by atoms with Gasteiger partial charge in [0.25, 0.3) is 0 Å². The first-order chi connectivity index (χ1) is 7.93. The van der Waals surface area contributed by atoms with Crippen LogP contribution < -0.4 is 0 Å². The van der Waals surface area contributed by atoms with E-state index in [0.717, 1.165) is 20.3 Å². The molecule has 0 heterocycles. The first-order valence-corrected chi connectivity index (χ1v) is 5.07. The molecule has 0 spiro atoms. The molecule has 92 valence electrons. The molecular weight excluding hydrogens is 271 g/mol. The van der Waals surface area contributed by atoms with E-state index < -0.39 is 17.7 Å². The van der Waals surface area contributed by atoms with Crippen LogP contribution in [0.1, 0.15) is 20.7 Å². The van der Waals surface area contributed by atoms with Gasteiger partial charge >= 0.3 is 11.9 Å². The minimum absolute atomic E-state index is 0.127. The van der Waals surface area contributed by atoms with Gasteiger partial charge in [0.1, 0.15) is 16.3 Å². The Hall–Kier alpha value is -1.46. The molecule has 0 atom stereocenters. The van der Waals surface area contributed by atoms with Gasteiger partial charge < -0.3 is 14.6 Å². The lowest BCUT2D eigenvalue weighted by molar-refractivity contribution is 0.0597. The molecule has 0 radical (unpaired) electrons. The van der Waals surface area contributed by atoms with E-state index in [9.17, 15) is 14.7 Å². The zero-order chi connectivity index (χ0) is 13.2. The number of esters is 2. The third-order valence-electron chi connectivity index (χ3n) is 1.99. The Morgan fingerprint density at radius 1 is 1.06 bits per heavy atom. The van der Waals surface area contributed by atoms with Crippen molar-refractivity contribution in [3.05, 3.63) is 27.2 Å². The van der Waals surface area contributed by atoms with Gasteiger partial charge in [0, 0.05) is 0 Å². The van der Waals surface area contributed by atoms with Crippen LogP contribution in [-0.4, -0.2) is 31.3 Å². The molecule has 7 heteroatoms. The van der Waals surface area contributed by atoms with Crippen molar-refractivity contribution in [1.82, 2.24) is 0 Å². The van der Waals surface area contributed by atoms with Gasteiger partial charge in [-0.1, -0.05) is 23.2 Å². The number of halogens is 2. The van der Waals surface area contributed by atoms with Crippen LogP contribution >= 0.6 is 23.2 Å². The van der Waals surface area contributed by atoms with Crippen LogP contribution in [0.5, 0.6) is 5.75 Å². The molecule has 0 amide bonds. The summed E-state index contributed by atoms with van der Waals surface area (Å²) in [5.41, 5.74) is -0.389. The zero-order valence-corrected chi connectivity index (χ0v) is 10.4. The van der Waals surface area contributed by atoms with Gasteiger partial charge in [-0.2, -0.15) is 0 Å². The Balaban J connectivity index is 3.49. The molecule has 1 rings (SSSR count). The second-order valence-electron chi connectivity index (χ2n) is 2.93. The van der Waals surface area contributed by atoms with Gasteiger partial charge in [-0.15, -0.1) is 0 Å². The number of hydrogen-bond acceptors (Lipinski definition) is 5. The molecule has 0 fully saturated rings. The smallest absolute Gasteiger partial charge is 0.341 e. The molecule has 0 unspecified atom stereocenters. The van der Waals surface area contributed by atoms with E-state index in [4.69, 9.17) is 23.2 Å². The minimum Gasteiger partial charge on any atom is -0.505 e. The van der Waals surface area contributed by atoms with E-state index in [1.807, 2.05) is 0 Å². The number of aromatic hydroxyl groups is 1. The van der Waals surface area contributed by atoms with Gasteiger partial charge in [0.2, 0.25) is 0 Å². The molecular formula is C10H8Cl2O5. The summed E-state index contributed by atoms with van der Waals surface area (Å²) in [6.45, 7) is 0. The average molecular weight is 279 g/mol. The van der Waals surface area contributed by atoms with Crippen LogP contribution in [0.2, 0.25) is 10.0 Å². The maximum atomic E-state index is 11.4. The largest absolute Gasteiger partial charge is 0.505 e. The molecule has 0 saturated carbocycles. The van der Waals surface area contributed by atoms with Crippen molar-refractivity contribution in [2.24, 2.45) is 0 Å².